The van der Waals surface area contributed by atoms with E-state index in [1.807, 2.05) is 53.9 Å². The fraction of sp³-hybridized carbons (Fsp3) is 0.0952. The van der Waals surface area contributed by atoms with Crippen molar-refractivity contribution in [3.63, 3.8) is 0 Å². The van der Waals surface area contributed by atoms with E-state index in [1.54, 1.807) is 17.1 Å². The van der Waals surface area contributed by atoms with Crippen LogP contribution in [0, 0.1) is 0 Å². The molecule has 1 N–H and O–H groups in total. The van der Waals surface area contributed by atoms with E-state index in [1.165, 1.54) is 11.3 Å². The van der Waals surface area contributed by atoms with E-state index in [0.29, 0.717) is 11.4 Å². The van der Waals surface area contributed by atoms with Crippen molar-refractivity contribution in [2.75, 3.05) is 12.1 Å². The number of nitrogens with one attached hydrogen (secondary N) is 1. The van der Waals surface area contributed by atoms with E-state index in [9.17, 15) is 4.79 Å². The number of amides is 1. The molecule has 0 atom stereocenters. The molecule has 3 heterocycles. The molecule has 0 fully saturated rings. The van der Waals surface area contributed by atoms with Crippen LogP contribution in [0.4, 0.5) is 5.69 Å². The molecule has 0 aliphatic carbocycles. The van der Waals surface area contributed by atoms with Crippen molar-refractivity contribution in [2.45, 2.75) is 6.42 Å². The van der Waals surface area contributed by atoms with Crippen molar-refractivity contribution in [1.29, 1.82) is 0 Å². The topological polar surface area (TPSA) is 78.3 Å². The molecule has 29 heavy (non-hydrogen) atoms. The first-order valence-electron chi connectivity index (χ1n) is 8.99. The van der Waals surface area contributed by atoms with Crippen LogP contribution in [0.1, 0.15) is 5.69 Å². The zero-order chi connectivity index (χ0) is 19.6. The van der Waals surface area contributed by atoms with Gasteiger partial charge in [-0.1, -0.05) is 18.2 Å². The maximum Gasteiger partial charge on any atom is 0.231 e. The summed E-state index contributed by atoms with van der Waals surface area (Å²) in [5.74, 6) is 1.31. The standard InChI is InChI=1S/C21H16N4O3S/c26-20(23-16-10-22-25(11-16)17-4-2-1-3-5-17)9-15-12-29-21(24-15)14-6-7-18-19(8-14)28-13-27-18/h1-8,10-12H,9,13H2,(H,23,26). The van der Waals surface area contributed by atoms with E-state index in [2.05, 4.69) is 15.4 Å². The van der Waals surface area contributed by atoms with Gasteiger partial charge in [-0.3, -0.25) is 4.79 Å². The molecule has 1 amide bonds. The van der Waals surface area contributed by atoms with Crippen molar-refractivity contribution < 1.29 is 14.3 Å². The van der Waals surface area contributed by atoms with E-state index in [0.717, 1.165) is 27.7 Å². The summed E-state index contributed by atoms with van der Waals surface area (Å²) in [6, 6.07) is 15.4. The third-order valence-corrected chi connectivity index (χ3v) is 5.34. The molecule has 1 aliphatic heterocycles. The van der Waals surface area contributed by atoms with Crippen molar-refractivity contribution in [3.05, 3.63) is 72.0 Å². The number of benzene rings is 2. The van der Waals surface area contributed by atoms with Gasteiger partial charge in [-0.2, -0.15) is 5.10 Å². The van der Waals surface area contributed by atoms with Crippen LogP contribution in [0.5, 0.6) is 11.5 Å². The zero-order valence-corrected chi connectivity index (χ0v) is 16.1. The average molecular weight is 404 g/mol. The second kappa shape index (κ2) is 7.40. The first kappa shape index (κ1) is 17.4. The van der Waals surface area contributed by atoms with Crippen LogP contribution < -0.4 is 14.8 Å². The van der Waals surface area contributed by atoms with Gasteiger partial charge < -0.3 is 14.8 Å². The number of carbonyl (C=O) groups excluding carboxylic acids is 1. The van der Waals surface area contributed by atoms with Gasteiger partial charge >= 0.3 is 0 Å². The van der Waals surface area contributed by atoms with Crippen LogP contribution in [0.2, 0.25) is 0 Å². The molecule has 0 unspecified atom stereocenters. The predicted molar refractivity (Wildman–Crippen MR) is 110 cm³/mol. The number of hydrogen-bond acceptors (Lipinski definition) is 6. The summed E-state index contributed by atoms with van der Waals surface area (Å²) < 4.78 is 12.5. The molecule has 1 aliphatic rings. The minimum Gasteiger partial charge on any atom is -0.454 e. The highest BCUT2D eigenvalue weighted by Gasteiger charge is 2.16. The van der Waals surface area contributed by atoms with Crippen LogP contribution in [0.25, 0.3) is 16.3 Å². The molecule has 0 saturated carbocycles. The fourth-order valence-electron chi connectivity index (χ4n) is 3.03. The number of anilines is 1. The molecule has 2 aromatic carbocycles. The lowest BCUT2D eigenvalue weighted by atomic mass is 10.2. The van der Waals surface area contributed by atoms with Gasteiger partial charge in [0.2, 0.25) is 12.7 Å². The summed E-state index contributed by atoms with van der Waals surface area (Å²) in [7, 11) is 0. The normalized spacial score (nSPS) is 12.1. The van der Waals surface area contributed by atoms with Gasteiger partial charge in [0.1, 0.15) is 5.01 Å². The molecule has 5 rings (SSSR count). The lowest BCUT2D eigenvalue weighted by molar-refractivity contribution is -0.115. The highest BCUT2D eigenvalue weighted by molar-refractivity contribution is 7.13. The minimum absolute atomic E-state index is 0.139. The third-order valence-electron chi connectivity index (χ3n) is 4.40. The first-order valence-corrected chi connectivity index (χ1v) is 9.87. The molecular weight excluding hydrogens is 388 g/mol. The number of fused-ring (bicyclic) bond motifs is 1. The first-order chi connectivity index (χ1) is 14.2. The quantitative estimate of drug-likeness (QED) is 0.546. The summed E-state index contributed by atoms with van der Waals surface area (Å²) in [5.41, 5.74) is 3.23. The van der Waals surface area contributed by atoms with Crippen molar-refractivity contribution in [1.82, 2.24) is 14.8 Å². The van der Waals surface area contributed by atoms with E-state index < -0.39 is 0 Å². The predicted octanol–water partition coefficient (Wildman–Crippen LogP) is 3.91. The Bertz CT molecular complexity index is 1170. The van der Waals surface area contributed by atoms with Gasteiger partial charge in [-0.05, 0) is 30.3 Å². The minimum atomic E-state index is -0.139. The maximum atomic E-state index is 12.4. The van der Waals surface area contributed by atoms with E-state index in [4.69, 9.17) is 9.47 Å². The van der Waals surface area contributed by atoms with Crippen LogP contribution in [0.3, 0.4) is 0 Å². The van der Waals surface area contributed by atoms with Gasteiger partial charge in [-0.25, -0.2) is 9.67 Å². The van der Waals surface area contributed by atoms with Gasteiger partial charge in [0.15, 0.2) is 11.5 Å². The largest absolute Gasteiger partial charge is 0.454 e. The Morgan fingerprint density at radius 1 is 1.14 bits per heavy atom. The summed E-state index contributed by atoms with van der Waals surface area (Å²) in [6.45, 7) is 0.239. The van der Waals surface area contributed by atoms with Crippen LogP contribution in [-0.2, 0) is 11.2 Å². The smallest absolute Gasteiger partial charge is 0.231 e. The SMILES string of the molecule is O=C(Cc1csc(-c2ccc3c(c2)OCO3)n1)Nc1cnn(-c2ccccc2)c1. The zero-order valence-electron chi connectivity index (χ0n) is 15.2. The molecule has 7 nitrogen and oxygen atoms in total. The number of thiazole rings is 1. The van der Waals surface area contributed by atoms with Crippen molar-refractivity contribution in [2.24, 2.45) is 0 Å². The van der Waals surface area contributed by atoms with Gasteiger partial charge in [-0.15, -0.1) is 11.3 Å². The molecule has 4 aromatic rings. The monoisotopic (exact) mass is 404 g/mol. The number of para-hydroxylation sites is 1. The Morgan fingerprint density at radius 3 is 2.90 bits per heavy atom. The number of rotatable bonds is 5. The number of carbonyl (C=O) groups is 1. The summed E-state index contributed by atoms with van der Waals surface area (Å²) in [4.78, 5) is 17.0. The highest BCUT2D eigenvalue weighted by Crippen LogP contribution is 2.36. The lowest BCUT2D eigenvalue weighted by Crippen LogP contribution is -2.14. The third kappa shape index (κ3) is 3.70. The molecule has 8 heteroatoms. The molecular formula is C21H16N4O3S. The average Bonchev–Trinajstić information content (AvgIpc) is 3.49. The van der Waals surface area contributed by atoms with Gasteiger partial charge in [0.25, 0.3) is 0 Å². The Balaban J connectivity index is 1.24. The van der Waals surface area contributed by atoms with E-state index in [-0.39, 0.29) is 19.1 Å². The second-order valence-electron chi connectivity index (χ2n) is 6.45. The summed E-state index contributed by atoms with van der Waals surface area (Å²) >= 11 is 1.49. The van der Waals surface area contributed by atoms with Crippen LogP contribution in [-0.4, -0.2) is 27.5 Å². The Labute approximate surface area is 170 Å². The maximum absolute atomic E-state index is 12.4. The Kier molecular flexibility index (Phi) is 4.45. The Morgan fingerprint density at radius 2 is 2.00 bits per heavy atom. The molecule has 0 saturated heterocycles. The van der Waals surface area contributed by atoms with Crippen molar-refractivity contribution >= 4 is 22.9 Å². The number of aromatic nitrogens is 3. The summed E-state index contributed by atoms with van der Waals surface area (Å²) in [5, 5.41) is 9.89. The molecule has 144 valence electrons. The Hall–Kier alpha value is -3.65. The molecule has 0 spiro atoms. The van der Waals surface area contributed by atoms with Crippen LogP contribution >= 0.6 is 11.3 Å². The molecule has 2 aromatic heterocycles. The number of ether oxygens (including phenoxy) is 2. The van der Waals surface area contributed by atoms with Gasteiger partial charge in [0.05, 0.1) is 35.9 Å². The second-order valence-corrected chi connectivity index (χ2v) is 7.30. The van der Waals surface area contributed by atoms with Crippen LogP contribution in [0.15, 0.2) is 66.3 Å². The molecule has 0 radical (unpaired) electrons. The van der Waals surface area contributed by atoms with Gasteiger partial charge in [0, 0.05) is 10.9 Å². The number of hydrogen-bond donors (Lipinski definition) is 1. The lowest BCUT2D eigenvalue weighted by Gasteiger charge is -2.01. The molecule has 0 bridgehead atoms. The highest BCUT2D eigenvalue weighted by atomic mass is 32.1. The van der Waals surface area contributed by atoms with E-state index >= 15 is 0 Å². The fourth-order valence-corrected chi connectivity index (χ4v) is 3.85. The summed E-state index contributed by atoms with van der Waals surface area (Å²) in [6.07, 6.45) is 3.61. The van der Waals surface area contributed by atoms with Crippen molar-refractivity contribution in [3.8, 4) is 27.8 Å². The number of nitrogens with zero attached hydrogens (tertiary/aromatic N) is 3.